The fraction of sp³-hybridized carbons (Fsp3) is 1.00. The largest absolute Gasteiger partial charge is 0.417 e. The van der Waals surface area contributed by atoms with Crippen LogP contribution in [0.1, 0.15) is 40.0 Å². The minimum absolute atomic E-state index is 0.0400. The van der Waals surface area contributed by atoms with Crippen LogP contribution < -0.4 is 0 Å². The number of hydrogen-bond donors (Lipinski definition) is 1. The highest BCUT2D eigenvalue weighted by molar-refractivity contribution is 6.74. The van der Waals surface area contributed by atoms with Crippen LogP contribution in [-0.4, -0.2) is 26.1 Å². The smallest absolute Gasteiger partial charge is 0.191 e. The standard InChI is InChI=1S/C14H28O2Si/c1-14(2,3)17(4,5)16-9-11-6-10-7-12(11)13(15)8-10/h10-13,15H,6-9H2,1-5H3/t10-,11+,12-,13-/m1/s1. The van der Waals surface area contributed by atoms with Crippen LogP contribution in [0.2, 0.25) is 18.1 Å². The van der Waals surface area contributed by atoms with E-state index in [2.05, 4.69) is 33.9 Å². The minimum Gasteiger partial charge on any atom is -0.417 e. The summed E-state index contributed by atoms with van der Waals surface area (Å²) in [5.74, 6) is 1.94. The van der Waals surface area contributed by atoms with Gasteiger partial charge >= 0.3 is 0 Å². The zero-order chi connectivity index (χ0) is 12.8. The number of hydrogen-bond acceptors (Lipinski definition) is 2. The van der Waals surface area contributed by atoms with Gasteiger partial charge in [-0.05, 0) is 55.1 Å². The summed E-state index contributed by atoms with van der Waals surface area (Å²) >= 11 is 0. The molecule has 2 saturated carbocycles. The second kappa shape index (κ2) is 4.36. The molecule has 0 heterocycles. The zero-order valence-corrected chi connectivity index (χ0v) is 13.0. The first-order valence-corrected chi connectivity index (χ1v) is 9.93. The predicted octanol–water partition coefficient (Wildman–Crippen LogP) is 3.42. The van der Waals surface area contributed by atoms with Crippen LogP contribution in [0.3, 0.4) is 0 Å². The third-order valence-electron chi connectivity index (χ3n) is 5.38. The van der Waals surface area contributed by atoms with E-state index in [1.54, 1.807) is 0 Å². The summed E-state index contributed by atoms with van der Waals surface area (Å²) in [6.07, 6.45) is 3.53. The van der Waals surface area contributed by atoms with Crippen molar-refractivity contribution in [3.63, 3.8) is 0 Å². The molecule has 0 unspecified atom stereocenters. The Hall–Kier alpha value is 0.137. The third kappa shape index (κ3) is 2.61. The molecule has 0 aromatic carbocycles. The molecule has 0 amide bonds. The van der Waals surface area contributed by atoms with E-state index >= 15 is 0 Å². The van der Waals surface area contributed by atoms with Gasteiger partial charge in [0, 0.05) is 6.61 Å². The topological polar surface area (TPSA) is 29.5 Å². The van der Waals surface area contributed by atoms with Crippen LogP contribution in [0.25, 0.3) is 0 Å². The Morgan fingerprint density at radius 2 is 1.82 bits per heavy atom. The molecular formula is C14H28O2Si. The van der Waals surface area contributed by atoms with Crippen molar-refractivity contribution in [2.45, 2.75) is 64.3 Å². The quantitative estimate of drug-likeness (QED) is 0.784. The van der Waals surface area contributed by atoms with Gasteiger partial charge in [-0.3, -0.25) is 0 Å². The van der Waals surface area contributed by atoms with E-state index in [4.69, 9.17) is 4.43 Å². The van der Waals surface area contributed by atoms with Crippen LogP contribution in [0.5, 0.6) is 0 Å². The lowest BCUT2D eigenvalue weighted by Gasteiger charge is -2.38. The SMILES string of the molecule is CC(C)(C)[Si](C)(C)OC[C@@H]1C[C@@H]2C[C@H]1[C@H](O)C2. The van der Waals surface area contributed by atoms with Gasteiger partial charge in [0.2, 0.25) is 0 Å². The lowest BCUT2D eigenvalue weighted by molar-refractivity contribution is 0.0583. The first kappa shape index (κ1) is 13.6. The highest BCUT2D eigenvalue weighted by Crippen LogP contribution is 2.49. The van der Waals surface area contributed by atoms with Gasteiger partial charge in [0.15, 0.2) is 8.32 Å². The molecule has 2 fully saturated rings. The van der Waals surface area contributed by atoms with Crippen LogP contribution in [0.4, 0.5) is 0 Å². The molecule has 0 spiro atoms. The fourth-order valence-electron chi connectivity index (χ4n) is 3.18. The Bertz CT molecular complexity index is 282. The maximum atomic E-state index is 9.93. The van der Waals surface area contributed by atoms with Crippen molar-refractivity contribution in [1.29, 1.82) is 0 Å². The van der Waals surface area contributed by atoms with Crippen molar-refractivity contribution < 1.29 is 9.53 Å². The van der Waals surface area contributed by atoms with Gasteiger partial charge in [0.25, 0.3) is 0 Å². The number of fused-ring (bicyclic) bond motifs is 2. The first-order chi connectivity index (χ1) is 7.71. The van der Waals surface area contributed by atoms with Gasteiger partial charge < -0.3 is 9.53 Å². The molecule has 0 radical (unpaired) electrons. The molecule has 0 saturated heterocycles. The van der Waals surface area contributed by atoms with Gasteiger partial charge in [-0.1, -0.05) is 20.8 Å². The summed E-state index contributed by atoms with van der Waals surface area (Å²) in [5.41, 5.74) is 0. The van der Waals surface area contributed by atoms with E-state index in [0.29, 0.717) is 16.9 Å². The van der Waals surface area contributed by atoms with Gasteiger partial charge in [0.05, 0.1) is 6.10 Å². The molecule has 0 aromatic rings. The van der Waals surface area contributed by atoms with E-state index < -0.39 is 8.32 Å². The third-order valence-corrected chi connectivity index (χ3v) is 9.88. The number of aliphatic hydroxyl groups excluding tert-OH is 1. The average Bonchev–Trinajstić information content (AvgIpc) is 2.71. The molecule has 3 heteroatoms. The summed E-state index contributed by atoms with van der Waals surface area (Å²) < 4.78 is 6.31. The average molecular weight is 256 g/mol. The monoisotopic (exact) mass is 256 g/mol. The van der Waals surface area contributed by atoms with Gasteiger partial charge in [-0.25, -0.2) is 0 Å². The Labute approximate surface area is 107 Å². The lowest BCUT2D eigenvalue weighted by atomic mass is 9.87. The van der Waals surface area contributed by atoms with Crippen molar-refractivity contribution in [2.24, 2.45) is 17.8 Å². The molecule has 2 bridgehead atoms. The molecule has 2 aliphatic carbocycles. The molecule has 4 atom stereocenters. The Morgan fingerprint density at radius 1 is 1.18 bits per heavy atom. The maximum Gasteiger partial charge on any atom is 0.191 e. The van der Waals surface area contributed by atoms with Crippen molar-refractivity contribution >= 4 is 8.32 Å². The zero-order valence-electron chi connectivity index (χ0n) is 12.0. The van der Waals surface area contributed by atoms with E-state index in [1.165, 1.54) is 12.8 Å². The molecule has 2 nitrogen and oxygen atoms in total. The molecular weight excluding hydrogens is 228 g/mol. The second-order valence-corrected chi connectivity index (χ2v) is 12.4. The van der Waals surface area contributed by atoms with Crippen molar-refractivity contribution in [2.75, 3.05) is 6.61 Å². The van der Waals surface area contributed by atoms with Crippen LogP contribution in [0.15, 0.2) is 0 Å². The Kier molecular flexibility index (Phi) is 3.48. The molecule has 1 N–H and O–H groups in total. The van der Waals surface area contributed by atoms with E-state index in [-0.39, 0.29) is 6.10 Å². The van der Waals surface area contributed by atoms with E-state index in [1.807, 2.05) is 0 Å². The highest BCUT2D eigenvalue weighted by atomic mass is 28.4. The lowest BCUT2D eigenvalue weighted by Crippen LogP contribution is -2.43. The number of rotatable bonds is 3. The van der Waals surface area contributed by atoms with Crippen molar-refractivity contribution in [3.8, 4) is 0 Å². The summed E-state index contributed by atoms with van der Waals surface area (Å²) in [6, 6.07) is 0. The Morgan fingerprint density at radius 3 is 2.29 bits per heavy atom. The van der Waals surface area contributed by atoms with Gasteiger partial charge in [-0.2, -0.15) is 0 Å². The fourth-order valence-corrected chi connectivity index (χ4v) is 4.24. The highest BCUT2D eigenvalue weighted by Gasteiger charge is 2.46. The maximum absolute atomic E-state index is 9.93. The Balaban J connectivity index is 1.88. The first-order valence-electron chi connectivity index (χ1n) is 7.03. The summed E-state index contributed by atoms with van der Waals surface area (Å²) in [6.45, 7) is 12.4. The molecule has 2 aliphatic rings. The molecule has 17 heavy (non-hydrogen) atoms. The summed E-state index contributed by atoms with van der Waals surface area (Å²) in [4.78, 5) is 0. The number of aliphatic hydroxyl groups is 1. The molecule has 0 aromatic heterocycles. The minimum atomic E-state index is -1.60. The second-order valence-electron chi connectivity index (χ2n) is 7.64. The normalized spacial score (nSPS) is 37.8. The van der Waals surface area contributed by atoms with E-state index in [9.17, 15) is 5.11 Å². The van der Waals surface area contributed by atoms with Crippen molar-refractivity contribution in [3.05, 3.63) is 0 Å². The van der Waals surface area contributed by atoms with Crippen molar-refractivity contribution in [1.82, 2.24) is 0 Å². The van der Waals surface area contributed by atoms with Crippen LogP contribution in [-0.2, 0) is 4.43 Å². The summed E-state index contributed by atoms with van der Waals surface area (Å²) in [7, 11) is -1.60. The van der Waals surface area contributed by atoms with Gasteiger partial charge in [0.1, 0.15) is 0 Å². The van der Waals surface area contributed by atoms with Crippen LogP contribution in [0, 0.1) is 17.8 Å². The van der Waals surface area contributed by atoms with Crippen LogP contribution >= 0.6 is 0 Å². The summed E-state index contributed by atoms with van der Waals surface area (Å²) in [5, 5.41) is 10.2. The predicted molar refractivity (Wildman–Crippen MR) is 73.5 cm³/mol. The molecule has 2 rings (SSSR count). The van der Waals surface area contributed by atoms with Gasteiger partial charge in [-0.15, -0.1) is 0 Å². The molecule has 100 valence electrons. The van der Waals surface area contributed by atoms with E-state index in [0.717, 1.165) is 18.9 Å². The molecule has 0 aliphatic heterocycles.